The summed E-state index contributed by atoms with van der Waals surface area (Å²) in [5.41, 5.74) is 0.464. The normalized spacial score (nSPS) is 10.2. The van der Waals surface area contributed by atoms with E-state index in [-0.39, 0.29) is 29.2 Å². The molecule has 0 heterocycles. The molecule has 0 aliphatic carbocycles. The van der Waals surface area contributed by atoms with Gasteiger partial charge in [0.1, 0.15) is 5.82 Å². The Labute approximate surface area is 148 Å². The summed E-state index contributed by atoms with van der Waals surface area (Å²) in [4.78, 5) is 34.0. The van der Waals surface area contributed by atoms with E-state index in [1.807, 2.05) is 0 Å². The molecule has 26 heavy (non-hydrogen) atoms. The van der Waals surface area contributed by atoms with Crippen molar-refractivity contribution in [1.82, 2.24) is 5.32 Å². The van der Waals surface area contributed by atoms with E-state index >= 15 is 0 Å². The molecule has 2 aromatic rings. The van der Waals surface area contributed by atoms with Crippen LogP contribution in [-0.2, 0) is 16.0 Å². The van der Waals surface area contributed by atoms with Crippen molar-refractivity contribution in [3.8, 4) is 0 Å². The minimum Gasteiger partial charge on any atom is -0.452 e. The number of nitro groups is 1. The van der Waals surface area contributed by atoms with Crippen molar-refractivity contribution in [2.75, 3.05) is 13.2 Å². The lowest BCUT2D eigenvalue weighted by molar-refractivity contribution is -0.385. The molecule has 0 saturated carbocycles. The van der Waals surface area contributed by atoms with Gasteiger partial charge in [-0.1, -0.05) is 24.3 Å². The zero-order valence-corrected chi connectivity index (χ0v) is 14.0. The molecule has 136 valence electrons. The Morgan fingerprint density at radius 1 is 1.19 bits per heavy atom. The number of hydrogen-bond donors (Lipinski definition) is 1. The third-order valence-electron chi connectivity index (χ3n) is 3.73. The number of esters is 1. The molecule has 0 bridgehead atoms. The number of amides is 1. The number of halogens is 1. The summed E-state index contributed by atoms with van der Waals surface area (Å²) in [5, 5.41) is 13.4. The Kier molecular flexibility index (Phi) is 6.37. The zero-order chi connectivity index (χ0) is 19.1. The first-order chi connectivity index (χ1) is 12.4. The van der Waals surface area contributed by atoms with Gasteiger partial charge in [-0.25, -0.2) is 9.18 Å². The Morgan fingerprint density at radius 3 is 2.62 bits per heavy atom. The van der Waals surface area contributed by atoms with E-state index in [0.29, 0.717) is 12.0 Å². The lowest BCUT2D eigenvalue weighted by atomic mass is 10.1. The minimum absolute atomic E-state index is 0.0263. The van der Waals surface area contributed by atoms with E-state index in [9.17, 15) is 24.1 Å². The molecule has 8 heteroatoms. The molecule has 0 unspecified atom stereocenters. The van der Waals surface area contributed by atoms with Crippen LogP contribution in [0, 0.1) is 22.9 Å². The monoisotopic (exact) mass is 360 g/mol. The van der Waals surface area contributed by atoms with Gasteiger partial charge in [0, 0.05) is 18.2 Å². The average Bonchev–Trinajstić information content (AvgIpc) is 2.61. The average molecular weight is 360 g/mol. The van der Waals surface area contributed by atoms with Crippen LogP contribution in [-0.4, -0.2) is 30.0 Å². The van der Waals surface area contributed by atoms with Crippen LogP contribution in [0.15, 0.2) is 42.5 Å². The maximum atomic E-state index is 13.5. The molecule has 7 nitrogen and oxygen atoms in total. The molecular formula is C18H17FN2O5. The molecule has 0 radical (unpaired) electrons. The van der Waals surface area contributed by atoms with Crippen molar-refractivity contribution < 1.29 is 23.6 Å². The van der Waals surface area contributed by atoms with Crippen LogP contribution in [0.3, 0.4) is 0 Å². The van der Waals surface area contributed by atoms with Crippen LogP contribution in [0.25, 0.3) is 0 Å². The summed E-state index contributed by atoms with van der Waals surface area (Å²) < 4.78 is 18.3. The maximum Gasteiger partial charge on any atom is 0.339 e. The molecule has 2 aromatic carbocycles. The van der Waals surface area contributed by atoms with Gasteiger partial charge in [0.15, 0.2) is 6.61 Å². The summed E-state index contributed by atoms with van der Waals surface area (Å²) in [7, 11) is 0. The van der Waals surface area contributed by atoms with E-state index in [4.69, 9.17) is 4.74 Å². The van der Waals surface area contributed by atoms with Crippen molar-refractivity contribution >= 4 is 17.6 Å². The Morgan fingerprint density at radius 2 is 1.92 bits per heavy atom. The van der Waals surface area contributed by atoms with Gasteiger partial charge in [-0.3, -0.25) is 14.9 Å². The largest absolute Gasteiger partial charge is 0.452 e. The van der Waals surface area contributed by atoms with E-state index in [1.165, 1.54) is 31.2 Å². The van der Waals surface area contributed by atoms with E-state index in [1.54, 1.807) is 18.2 Å². The highest BCUT2D eigenvalue weighted by Gasteiger charge is 2.19. The second-order valence-electron chi connectivity index (χ2n) is 5.47. The number of nitrogens with one attached hydrogen (secondary N) is 1. The van der Waals surface area contributed by atoms with Gasteiger partial charge in [0.2, 0.25) is 0 Å². The SMILES string of the molecule is Cc1c(C(=O)OCC(=O)NCCc2ccccc2F)cccc1[N+](=O)[O-]. The summed E-state index contributed by atoms with van der Waals surface area (Å²) in [6, 6.07) is 10.3. The van der Waals surface area contributed by atoms with Gasteiger partial charge in [0.05, 0.1) is 10.5 Å². The molecule has 0 aliphatic heterocycles. The highest BCUT2D eigenvalue weighted by molar-refractivity contribution is 5.93. The first kappa shape index (κ1) is 19.0. The van der Waals surface area contributed by atoms with Crippen LogP contribution in [0.4, 0.5) is 10.1 Å². The van der Waals surface area contributed by atoms with Crippen molar-refractivity contribution in [3.05, 3.63) is 75.1 Å². The lowest BCUT2D eigenvalue weighted by Crippen LogP contribution is -2.30. The van der Waals surface area contributed by atoms with Gasteiger partial charge in [-0.05, 0) is 31.0 Å². The van der Waals surface area contributed by atoms with Crippen molar-refractivity contribution in [3.63, 3.8) is 0 Å². The second kappa shape index (κ2) is 8.70. The molecule has 1 N–H and O–H groups in total. The lowest BCUT2D eigenvalue weighted by Gasteiger charge is -2.08. The van der Waals surface area contributed by atoms with Crippen LogP contribution in [0.5, 0.6) is 0 Å². The van der Waals surface area contributed by atoms with Gasteiger partial charge >= 0.3 is 5.97 Å². The maximum absolute atomic E-state index is 13.5. The van der Waals surface area contributed by atoms with Crippen LogP contribution < -0.4 is 5.32 Å². The third-order valence-corrected chi connectivity index (χ3v) is 3.73. The standard InChI is InChI=1S/C18H17FN2O5/c1-12-14(6-4-8-16(12)21(24)25)18(23)26-11-17(22)20-10-9-13-5-2-3-7-15(13)19/h2-8H,9-11H2,1H3,(H,20,22). The Hall–Kier alpha value is -3.29. The van der Waals surface area contributed by atoms with Crippen molar-refractivity contribution in [2.45, 2.75) is 13.3 Å². The third kappa shape index (κ3) is 4.85. The molecule has 0 aliphatic rings. The van der Waals surface area contributed by atoms with Gasteiger partial charge in [-0.2, -0.15) is 0 Å². The first-order valence-corrected chi connectivity index (χ1v) is 7.81. The van der Waals surface area contributed by atoms with Crippen LogP contribution >= 0.6 is 0 Å². The number of nitrogens with zero attached hydrogens (tertiary/aromatic N) is 1. The minimum atomic E-state index is -0.824. The molecular weight excluding hydrogens is 343 g/mol. The highest BCUT2D eigenvalue weighted by Crippen LogP contribution is 2.21. The summed E-state index contributed by atoms with van der Waals surface area (Å²) in [6.45, 7) is 1.09. The van der Waals surface area contributed by atoms with Crippen LogP contribution in [0.2, 0.25) is 0 Å². The zero-order valence-electron chi connectivity index (χ0n) is 14.0. The highest BCUT2D eigenvalue weighted by atomic mass is 19.1. The molecule has 0 atom stereocenters. The number of rotatable bonds is 7. The van der Waals surface area contributed by atoms with Gasteiger partial charge in [0.25, 0.3) is 11.6 Å². The first-order valence-electron chi connectivity index (χ1n) is 7.81. The Balaban J connectivity index is 1.84. The number of carbonyl (C=O) groups excluding carboxylic acids is 2. The fourth-order valence-corrected chi connectivity index (χ4v) is 2.34. The summed E-state index contributed by atoms with van der Waals surface area (Å²) >= 11 is 0. The quantitative estimate of drug-likeness (QED) is 0.465. The number of nitro benzene ring substituents is 1. The van der Waals surface area contributed by atoms with E-state index in [0.717, 1.165) is 0 Å². The number of carbonyl (C=O) groups is 2. The fraction of sp³-hybridized carbons (Fsp3) is 0.222. The predicted octanol–water partition coefficient (Wildman–Crippen LogP) is 2.56. The predicted molar refractivity (Wildman–Crippen MR) is 91.2 cm³/mol. The number of benzene rings is 2. The van der Waals surface area contributed by atoms with Gasteiger partial charge < -0.3 is 10.1 Å². The topological polar surface area (TPSA) is 98.5 Å². The smallest absolute Gasteiger partial charge is 0.339 e. The molecule has 2 rings (SSSR count). The van der Waals surface area contributed by atoms with E-state index in [2.05, 4.69) is 5.32 Å². The number of hydrogen-bond acceptors (Lipinski definition) is 5. The second-order valence-corrected chi connectivity index (χ2v) is 5.47. The van der Waals surface area contributed by atoms with Crippen molar-refractivity contribution in [1.29, 1.82) is 0 Å². The van der Waals surface area contributed by atoms with Crippen molar-refractivity contribution in [2.24, 2.45) is 0 Å². The van der Waals surface area contributed by atoms with Crippen LogP contribution in [0.1, 0.15) is 21.5 Å². The molecule has 1 amide bonds. The fourth-order valence-electron chi connectivity index (χ4n) is 2.34. The summed E-state index contributed by atoms with van der Waals surface area (Å²) in [6.07, 6.45) is 0.302. The van der Waals surface area contributed by atoms with E-state index < -0.39 is 23.4 Å². The molecule has 0 aromatic heterocycles. The van der Waals surface area contributed by atoms with Gasteiger partial charge in [-0.15, -0.1) is 0 Å². The number of ether oxygens (including phenoxy) is 1. The molecule has 0 fully saturated rings. The Bertz CT molecular complexity index is 838. The molecule has 0 saturated heterocycles. The molecule has 0 spiro atoms. The summed E-state index contributed by atoms with van der Waals surface area (Å²) in [5.74, 6) is -1.72.